The monoisotopic (exact) mass is 320 g/mol. The van der Waals surface area contributed by atoms with Gasteiger partial charge in [0.1, 0.15) is 11.3 Å². The first-order valence-electron chi connectivity index (χ1n) is 7.73. The maximum absolute atomic E-state index is 12.2. The summed E-state index contributed by atoms with van der Waals surface area (Å²) < 4.78 is 5.38. The molecule has 0 radical (unpaired) electrons. The molecule has 1 atom stereocenters. The van der Waals surface area contributed by atoms with E-state index in [0.717, 1.165) is 6.42 Å². The molecule has 0 N–H and O–H groups in total. The number of amides is 1. The number of nitrogens with zero attached hydrogens (tertiary/aromatic N) is 4. The van der Waals surface area contributed by atoms with Crippen molar-refractivity contribution in [2.45, 2.75) is 38.8 Å². The van der Waals surface area contributed by atoms with Crippen LogP contribution in [0.3, 0.4) is 0 Å². The zero-order valence-corrected chi connectivity index (χ0v) is 14.2. The van der Waals surface area contributed by atoms with E-state index in [-0.39, 0.29) is 24.5 Å². The van der Waals surface area contributed by atoms with Crippen LogP contribution in [0.1, 0.15) is 37.7 Å². The predicted octanol–water partition coefficient (Wildman–Crippen LogP) is 1.60. The summed E-state index contributed by atoms with van der Waals surface area (Å²) >= 11 is 0. The van der Waals surface area contributed by atoms with Crippen LogP contribution in [0.4, 0.5) is 4.79 Å². The molecule has 1 aromatic heterocycles. The molecule has 1 aliphatic heterocycles. The van der Waals surface area contributed by atoms with Crippen LogP contribution in [0, 0.1) is 0 Å². The first kappa shape index (κ1) is 17.3. The highest BCUT2D eigenvalue weighted by molar-refractivity contribution is 5.95. The number of likely N-dealkylation sites (N-methyl/N-ethyl adjacent to an activating group) is 1. The van der Waals surface area contributed by atoms with E-state index >= 15 is 0 Å². The minimum Gasteiger partial charge on any atom is -0.444 e. The number of hydrogen-bond acceptors (Lipinski definition) is 6. The molecule has 1 amide bonds. The van der Waals surface area contributed by atoms with Gasteiger partial charge in [-0.05, 0) is 34.2 Å². The highest BCUT2D eigenvalue weighted by Gasteiger charge is 2.32. The van der Waals surface area contributed by atoms with Gasteiger partial charge >= 0.3 is 6.09 Å². The number of Topliss-reactive ketones (excluding diaryl/α,β-unsaturated/α-hetero) is 1. The Bertz CT molecular complexity index is 556. The highest BCUT2D eigenvalue weighted by Crippen LogP contribution is 2.18. The van der Waals surface area contributed by atoms with Gasteiger partial charge in [0.05, 0.1) is 12.7 Å². The van der Waals surface area contributed by atoms with Gasteiger partial charge in [-0.15, -0.1) is 0 Å². The van der Waals surface area contributed by atoms with Crippen LogP contribution in [0.15, 0.2) is 18.6 Å². The van der Waals surface area contributed by atoms with Crippen LogP contribution in [-0.4, -0.2) is 70.0 Å². The molecule has 1 saturated heterocycles. The molecule has 0 spiro atoms. The van der Waals surface area contributed by atoms with Crippen molar-refractivity contribution in [3.05, 3.63) is 24.3 Å². The molecule has 1 aliphatic rings. The summed E-state index contributed by atoms with van der Waals surface area (Å²) in [6, 6.07) is 0.142. The van der Waals surface area contributed by atoms with E-state index in [1.54, 1.807) is 4.90 Å². The molecule has 1 aromatic rings. The van der Waals surface area contributed by atoms with E-state index in [9.17, 15) is 9.59 Å². The molecule has 23 heavy (non-hydrogen) atoms. The molecule has 0 aromatic carbocycles. The van der Waals surface area contributed by atoms with E-state index in [1.165, 1.54) is 18.6 Å². The van der Waals surface area contributed by atoms with Crippen LogP contribution in [0.2, 0.25) is 0 Å². The highest BCUT2D eigenvalue weighted by atomic mass is 16.6. The van der Waals surface area contributed by atoms with Gasteiger partial charge in [0.25, 0.3) is 0 Å². The Kier molecular flexibility index (Phi) is 5.30. The van der Waals surface area contributed by atoms with E-state index in [2.05, 4.69) is 9.97 Å². The molecular weight excluding hydrogens is 296 g/mol. The summed E-state index contributed by atoms with van der Waals surface area (Å²) in [5.41, 5.74) is -0.135. The smallest absolute Gasteiger partial charge is 0.410 e. The fourth-order valence-electron chi connectivity index (χ4n) is 2.47. The number of ketones is 1. The minimum atomic E-state index is -0.497. The third-order valence-electron chi connectivity index (χ3n) is 3.68. The summed E-state index contributed by atoms with van der Waals surface area (Å²) in [4.78, 5) is 35.8. The fourth-order valence-corrected chi connectivity index (χ4v) is 2.47. The number of carbonyl (C=O) groups excluding carboxylic acids is 2. The SMILES string of the molecule is CN(CC(=O)c1cnccn1)[C@@H]1CCN(C(=O)OC(C)(C)C)C1. The van der Waals surface area contributed by atoms with Gasteiger partial charge in [-0.1, -0.05) is 0 Å². The molecule has 7 heteroatoms. The molecule has 0 aliphatic carbocycles. The van der Waals surface area contributed by atoms with Gasteiger partial charge in [0.2, 0.25) is 0 Å². The summed E-state index contributed by atoms with van der Waals surface area (Å²) in [7, 11) is 1.89. The second kappa shape index (κ2) is 7.04. The Morgan fingerprint density at radius 3 is 2.74 bits per heavy atom. The van der Waals surface area contributed by atoms with E-state index in [0.29, 0.717) is 18.8 Å². The van der Waals surface area contributed by atoms with E-state index < -0.39 is 5.60 Å². The maximum atomic E-state index is 12.2. The van der Waals surface area contributed by atoms with E-state index in [4.69, 9.17) is 4.74 Å². The summed E-state index contributed by atoms with van der Waals surface area (Å²) in [5, 5.41) is 0. The van der Waals surface area contributed by atoms with Gasteiger partial charge in [-0.3, -0.25) is 14.7 Å². The lowest BCUT2D eigenvalue weighted by Crippen LogP contribution is -2.40. The number of hydrogen-bond donors (Lipinski definition) is 0. The lowest BCUT2D eigenvalue weighted by Gasteiger charge is -2.26. The number of ether oxygens (including phenoxy) is 1. The van der Waals surface area contributed by atoms with Gasteiger partial charge < -0.3 is 9.64 Å². The van der Waals surface area contributed by atoms with Crippen molar-refractivity contribution in [1.82, 2.24) is 19.8 Å². The van der Waals surface area contributed by atoms with E-state index in [1.807, 2.05) is 32.7 Å². The first-order valence-corrected chi connectivity index (χ1v) is 7.73. The zero-order valence-electron chi connectivity index (χ0n) is 14.2. The number of likely N-dealkylation sites (tertiary alicyclic amines) is 1. The number of carbonyl (C=O) groups is 2. The van der Waals surface area contributed by atoms with Crippen LogP contribution in [-0.2, 0) is 4.74 Å². The Labute approximate surface area is 136 Å². The normalized spacial score (nSPS) is 18.3. The van der Waals surface area contributed by atoms with Crippen LogP contribution in [0.5, 0.6) is 0 Å². The average molecular weight is 320 g/mol. The molecule has 2 heterocycles. The molecule has 126 valence electrons. The molecule has 0 saturated carbocycles. The third kappa shape index (κ3) is 4.99. The quantitative estimate of drug-likeness (QED) is 0.784. The first-order chi connectivity index (χ1) is 10.8. The number of aromatic nitrogens is 2. The molecule has 1 fully saturated rings. The summed E-state index contributed by atoms with van der Waals surface area (Å²) in [6.07, 6.45) is 5.04. The Hall–Kier alpha value is -2.02. The fraction of sp³-hybridized carbons (Fsp3) is 0.625. The predicted molar refractivity (Wildman–Crippen MR) is 85.2 cm³/mol. The average Bonchev–Trinajstić information content (AvgIpc) is 2.96. The lowest BCUT2D eigenvalue weighted by molar-refractivity contribution is 0.0283. The van der Waals surface area contributed by atoms with Crippen LogP contribution >= 0.6 is 0 Å². The Morgan fingerprint density at radius 2 is 2.13 bits per heavy atom. The second-order valence-corrected chi connectivity index (χ2v) is 6.80. The topological polar surface area (TPSA) is 75.6 Å². The number of rotatable bonds is 4. The van der Waals surface area contributed by atoms with Crippen molar-refractivity contribution in [3.63, 3.8) is 0 Å². The van der Waals surface area contributed by atoms with Crippen molar-refractivity contribution in [1.29, 1.82) is 0 Å². The third-order valence-corrected chi connectivity index (χ3v) is 3.68. The summed E-state index contributed by atoms with van der Waals surface area (Å²) in [5.74, 6) is -0.0729. The lowest BCUT2D eigenvalue weighted by atomic mass is 10.2. The van der Waals surface area contributed by atoms with Crippen molar-refractivity contribution < 1.29 is 14.3 Å². The molecular formula is C16H24N4O3. The summed E-state index contributed by atoms with van der Waals surface area (Å²) in [6.45, 7) is 7.02. The Balaban J connectivity index is 1.86. The molecule has 0 unspecified atom stereocenters. The van der Waals surface area contributed by atoms with Gasteiger partial charge in [0.15, 0.2) is 5.78 Å². The molecule has 7 nitrogen and oxygen atoms in total. The van der Waals surface area contributed by atoms with Crippen molar-refractivity contribution in [3.8, 4) is 0 Å². The Morgan fingerprint density at radius 1 is 1.39 bits per heavy atom. The van der Waals surface area contributed by atoms with Crippen molar-refractivity contribution >= 4 is 11.9 Å². The van der Waals surface area contributed by atoms with Crippen LogP contribution in [0.25, 0.3) is 0 Å². The van der Waals surface area contributed by atoms with Gasteiger partial charge in [0, 0.05) is 31.5 Å². The van der Waals surface area contributed by atoms with Crippen molar-refractivity contribution in [2.24, 2.45) is 0 Å². The zero-order chi connectivity index (χ0) is 17.0. The molecule has 0 bridgehead atoms. The van der Waals surface area contributed by atoms with Crippen LogP contribution < -0.4 is 0 Å². The second-order valence-electron chi connectivity index (χ2n) is 6.80. The standard InChI is InChI=1S/C16H24N4O3/c1-16(2,3)23-15(22)20-8-5-12(10-20)19(4)11-14(21)13-9-17-6-7-18-13/h6-7,9,12H,5,8,10-11H2,1-4H3/t12-/m1/s1. The van der Waals surface area contributed by atoms with Crippen molar-refractivity contribution in [2.75, 3.05) is 26.7 Å². The minimum absolute atomic E-state index is 0.0729. The molecule has 2 rings (SSSR count). The van der Waals surface area contributed by atoms with Gasteiger partial charge in [-0.25, -0.2) is 9.78 Å². The largest absolute Gasteiger partial charge is 0.444 e. The maximum Gasteiger partial charge on any atom is 0.410 e. The van der Waals surface area contributed by atoms with Gasteiger partial charge in [-0.2, -0.15) is 0 Å².